The number of hydrogen-bond acceptors (Lipinski definition) is 3. The predicted octanol–water partition coefficient (Wildman–Crippen LogP) is 3.57. The van der Waals surface area contributed by atoms with Crippen LogP contribution in [0.25, 0.3) is 0 Å². The van der Waals surface area contributed by atoms with E-state index in [0.717, 1.165) is 37.1 Å². The Bertz CT molecular complexity index is 859. The Morgan fingerprint density at radius 1 is 1.16 bits per heavy atom. The highest BCUT2D eigenvalue weighted by atomic mass is 15.3. The first kappa shape index (κ1) is 23.3. The highest BCUT2D eigenvalue weighted by Gasteiger charge is 2.16. The largest absolute Gasteiger partial charge is 0.354 e. The van der Waals surface area contributed by atoms with Gasteiger partial charge in [-0.25, -0.2) is 0 Å². The highest BCUT2D eigenvalue weighted by Crippen LogP contribution is 2.18. The molecule has 2 N–H and O–H groups in total. The Hall–Kier alpha value is -2.34. The lowest BCUT2D eigenvalue weighted by atomic mass is 9.99. The van der Waals surface area contributed by atoms with Gasteiger partial charge in [-0.3, -0.25) is 14.6 Å². The molecule has 1 fully saturated rings. The Labute approximate surface area is 188 Å². The van der Waals surface area contributed by atoms with E-state index >= 15 is 0 Å². The third-order valence-electron chi connectivity index (χ3n) is 6.54. The molecule has 6 nitrogen and oxygen atoms in total. The first-order valence-corrected chi connectivity index (χ1v) is 11.6. The normalized spacial score (nSPS) is 17.0. The Morgan fingerprint density at radius 3 is 2.39 bits per heavy atom. The standard InChI is InChI=1S/C25H40N6/c1-18-11-13-31(14-12-18)17-23-9-7-22(8-10-23)16-27-25(26-5)28-19(2)15-24-20(3)29-30(6)21(24)4/h7-10,18-19H,11-17H2,1-6H3,(H2,26,27,28). The number of hydrogen-bond donors (Lipinski definition) is 2. The lowest BCUT2D eigenvalue weighted by Gasteiger charge is -2.30. The fraction of sp³-hybridized carbons (Fsp3) is 0.600. The molecule has 0 amide bonds. The molecule has 0 saturated carbocycles. The van der Waals surface area contributed by atoms with Crippen molar-refractivity contribution in [3.63, 3.8) is 0 Å². The maximum Gasteiger partial charge on any atom is 0.191 e. The van der Waals surface area contributed by atoms with Crippen molar-refractivity contribution in [3.05, 3.63) is 52.3 Å². The van der Waals surface area contributed by atoms with Crippen LogP contribution in [-0.2, 0) is 26.6 Å². The second-order valence-corrected chi connectivity index (χ2v) is 9.22. The van der Waals surface area contributed by atoms with Gasteiger partial charge in [0.25, 0.3) is 0 Å². The van der Waals surface area contributed by atoms with E-state index in [4.69, 9.17) is 0 Å². The molecule has 1 unspecified atom stereocenters. The SMILES string of the molecule is CN=C(NCc1ccc(CN2CCC(C)CC2)cc1)NC(C)Cc1c(C)nn(C)c1C. The van der Waals surface area contributed by atoms with Gasteiger partial charge < -0.3 is 10.6 Å². The van der Waals surface area contributed by atoms with Crippen LogP contribution >= 0.6 is 0 Å². The van der Waals surface area contributed by atoms with Crippen LogP contribution in [0.15, 0.2) is 29.3 Å². The van der Waals surface area contributed by atoms with Crippen molar-refractivity contribution in [2.75, 3.05) is 20.1 Å². The number of nitrogens with zero attached hydrogens (tertiary/aromatic N) is 4. The monoisotopic (exact) mass is 424 g/mol. The van der Waals surface area contributed by atoms with Crippen LogP contribution < -0.4 is 10.6 Å². The number of aromatic nitrogens is 2. The lowest BCUT2D eigenvalue weighted by Crippen LogP contribution is -2.42. The molecule has 1 saturated heterocycles. The van der Waals surface area contributed by atoms with Gasteiger partial charge in [0.1, 0.15) is 0 Å². The molecule has 31 heavy (non-hydrogen) atoms. The summed E-state index contributed by atoms with van der Waals surface area (Å²) in [7, 11) is 3.83. The molecule has 1 aromatic heterocycles. The van der Waals surface area contributed by atoms with Crippen molar-refractivity contribution in [2.24, 2.45) is 18.0 Å². The summed E-state index contributed by atoms with van der Waals surface area (Å²) in [5.41, 5.74) is 6.32. The summed E-state index contributed by atoms with van der Waals surface area (Å²) in [5, 5.41) is 11.5. The van der Waals surface area contributed by atoms with Crippen LogP contribution in [0.5, 0.6) is 0 Å². The fourth-order valence-corrected chi connectivity index (χ4v) is 4.32. The van der Waals surface area contributed by atoms with Crippen LogP contribution in [-0.4, -0.2) is 46.8 Å². The molecular weight excluding hydrogens is 384 g/mol. The number of likely N-dealkylation sites (tertiary alicyclic amines) is 1. The Balaban J connectivity index is 1.46. The summed E-state index contributed by atoms with van der Waals surface area (Å²) in [6, 6.07) is 9.26. The lowest BCUT2D eigenvalue weighted by molar-refractivity contribution is 0.185. The Kier molecular flexibility index (Phi) is 8.13. The number of rotatable bonds is 7. The van der Waals surface area contributed by atoms with E-state index in [2.05, 4.69) is 77.6 Å². The summed E-state index contributed by atoms with van der Waals surface area (Å²) < 4.78 is 1.96. The van der Waals surface area contributed by atoms with Gasteiger partial charge in [0.15, 0.2) is 5.96 Å². The van der Waals surface area contributed by atoms with Crippen molar-refractivity contribution >= 4 is 5.96 Å². The van der Waals surface area contributed by atoms with Crippen molar-refractivity contribution in [3.8, 4) is 0 Å². The molecule has 0 bridgehead atoms. The van der Waals surface area contributed by atoms with Gasteiger partial charge in [0.2, 0.25) is 0 Å². The first-order chi connectivity index (χ1) is 14.9. The smallest absolute Gasteiger partial charge is 0.191 e. The molecule has 1 aliphatic heterocycles. The number of piperidine rings is 1. The minimum atomic E-state index is 0.266. The molecule has 0 aliphatic carbocycles. The van der Waals surface area contributed by atoms with Crippen molar-refractivity contribution in [1.29, 1.82) is 0 Å². The third-order valence-corrected chi connectivity index (χ3v) is 6.54. The minimum Gasteiger partial charge on any atom is -0.354 e. The van der Waals surface area contributed by atoms with Crippen molar-refractivity contribution in [2.45, 2.75) is 66.1 Å². The van der Waals surface area contributed by atoms with E-state index in [9.17, 15) is 0 Å². The summed E-state index contributed by atoms with van der Waals surface area (Å²) in [4.78, 5) is 6.98. The van der Waals surface area contributed by atoms with Crippen LogP contribution in [0.3, 0.4) is 0 Å². The van der Waals surface area contributed by atoms with Crippen molar-refractivity contribution in [1.82, 2.24) is 25.3 Å². The molecule has 2 aromatic rings. The average Bonchev–Trinajstić information content (AvgIpc) is 2.99. The molecule has 1 atom stereocenters. The number of nitrogens with one attached hydrogen (secondary N) is 2. The molecule has 0 radical (unpaired) electrons. The molecule has 3 rings (SSSR count). The summed E-state index contributed by atoms with van der Waals surface area (Å²) >= 11 is 0. The van der Waals surface area contributed by atoms with Gasteiger partial charge in [-0.1, -0.05) is 31.2 Å². The molecule has 1 aromatic carbocycles. The zero-order valence-corrected chi connectivity index (χ0v) is 20.2. The van der Waals surface area contributed by atoms with E-state index in [0.29, 0.717) is 0 Å². The van der Waals surface area contributed by atoms with Gasteiger partial charge >= 0.3 is 0 Å². The zero-order chi connectivity index (χ0) is 22.4. The fourth-order valence-electron chi connectivity index (χ4n) is 4.32. The van der Waals surface area contributed by atoms with Gasteiger partial charge in [-0.15, -0.1) is 0 Å². The maximum absolute atomic E-state index is 4.53. The molecular formula is C25H40N6. The number of aliphatic imine (C=N–C) groups is 1. The summed E-state index contributed by atoms with van der Waals surface area (Å²) in [6.07, 6.45) is 3.58. The highest BCUT2D eigenvalue weighted by molar-refractivity contribution is 5.79. The Morgan fingerprint density at radius 2 is 1.81 bits per heavy atom. The summed E-state index contributed by atoms with van der Waals surface area (Å²) in [6.45, 7) is 13.0. The van der Waals surface area contributed by atoms with Gasteiger partial charge in [-0.2, -0.15) is 5.10 Å². The average molecular weight is 425 g/mol. The van der Waals surface area contributed by atoms with Crippen LogP contribution in [0.4, 0.5) is 0 Å². The second kappa shape index (κ2) is 10.8. The van der Waals surface area contributed by atoms with Gasteiger partial charge in [0.05, 0.1) is 5.69 Å². The zero-order valence-electron chi connectivity index (χ0n) is 20.2. The number of guanidine groups is 1. The quantitative estimate of drug-likeness (QED) is 0.527. The van der Waals surface area contributed by atoms with E-state index in [1.165, 1.54) is 48.3 Å². The van der Waals surface area contributed by atoms with E-state index in [1.807, 2.05) is 18.8 Å². The topological polar surface area (TPSA) is 57.5 Å². The second-order valence-electron chi connectivity index (χ2n) is 9.22. The van der Waals surface area contributed by atoms with Crippen LogP contribution in [0, 0.1) is 19.8 Å². The number of benzene rings is 1. The molecule has 170 valence electrons. The predicted molar refractivity (Wildman–Crippen MR) is 129 cm³/mol. The van der Waals surface area contributed by atoms with Crippen molar-refractivity contribution < 1.29 is 0 Å². The number of aryl methyl sites for hydroxylation is 2. The molecule has 1 aliphatic rings. The molecule has 0 spiro atoms. The molecule has 6 heteroatoms. The first-order valence-electron chi connectivity index (χ1n) is 11.6. The van der Waals surface area contributed by atoms with E-state index < -0.39 is 0 Å². The van der Waals surface area contributed by atoms with Gasteiger partial charge in [-0.05, 0) is 75.7 Å². The maximum atomic E-state index is 4.53. The minimum absolute atomic E-state index is 0.266. The van der Waals surface area contributed by atoms with Crippen LogP contribution in [0.2, 0.25) is 0 Å². The third kappa shape index (κ3) is 6.57. The molecule has 2 heterocycles. The van der Waals surface area contributed by atoms with Crippen LogP contribution in [0.1, 0.15) is 54.8 Å². The van der Waals surface area contributed by atoms with Gasteiger partial charge in [0, 0.05) is 38.9 Å². The summed E-state index contributed by atoms with van der Waals surface area (Å²) in [5.74, 6) is 1.71. The van der Waals surface area contributed by atoms with E-state index in [-0.39, 0.29) is 6.04 Å². The van der Waals surface area contributed by atoms with E-state index in [1.54, 1.807) is 0 Å².